The fraction of sp³-hybridized carbons (Fsp3) is 0.500. The molecule has 1 aromatic rings. The molecule has 2 aliphatic heterocycles. The Kier molecular flexibility index (Phi) is 5.48. The number of carbonyl (C=O) groups excluding carboxylic acids is 1. The van der Waals surface area contributed by atoms with E-state index in [1.807, 2.05) is 18.0 Å². The minimum atomic E-state index is -2.54. The lowest BCUT2D eigenvalue weighted by molar-refractivity contribution is -0.128. The first kappa shape index (κ1) is 19.3. The van der Waals surface area contributed by atoms with Crippen LogP contribution in [0.4, 0.5) is 14.5 Å². The number of nitrogens with one attached hydrogen (secondary N) is 2. The lowest BCUT2D eigenvalue weighted by Gasteiger charge is -2.37. The van der Waals surface area contributed by atoms with Gasteiger partial charge in [-0.05, 0) is 37.0 Å². The summed E-state index contributed by atoms with van der Waals surface area (Å²) in [4.78, 5) is 15.3. The van der Waals surface area contributed by atoms with Crippen molar-refractivity contribution in [3.63, 3.8) is 0 Å². The first-order valence-electron chi connectivity index (χ1n) is 9.26. The Morgan fingerprint density at radius 1 is 1.26 bits per heavy atom. The van der Waals surface area contributed by atoms with Crippen molar-refractivity contribution in [2.24, 2.45) is 0 Å². The molecule has 5 nitrogen and oxygen atoms in total. The van der Waals surface area contributed by atoms with Gasteiger partial charge in [0.1, 0.15) is 5.84 Å². The van der Waals surface area contributed by atoms with E-state index in [1.54, 1.807) is 11.8 Å². The highest BCUT2D eigenvalue weighted by Gasteiger charge is 2.29. The van der Waals surface area contributed by atoms with Crippen molar-refractivity contribution < 1.29 is 13.6 Å². The van der Waals surface area contributed by atoms with Crippen LogP contribution in [0.3, 0.4) is 0 Å². The number of amidine groups is 1. The van der Waals surface area contributed by atoms with Gasteiger partial charge in [-0.15, -0.1) is 0 Å². The average molecular weight is 376 g/mol. The second kappa shape index (κ2) is 7.66. The fourth-order valence-electron chi connectivity index (χ4n) is 3.93. The van der Waals surface area contributed by atoms with Gasteiger partial charge in [-0.1, -0.05) is 6.07 Å². The van der Waals surface area contributed by atoms with Crippen LogP contribution in [0, 0.1) is 12.3 Å². The number of halogens is 2. The van der Waals surface area contributed by atoms with E-state index in [0.717, 1.165) is 29.7 Å². The van der Waals surface area contributed by atoms with Crippen LogP contribution >= 0.6 is 0 Å². The number of carbonyl (C=O) groups is 1. The number of alkyl halides is 2. The number of aryl methyl sites for hydroxylation is 2. The van der Waals surface area contributed by atoms with E-state index in [9.17, 15) is 13.6 Å². The number of amides is 1. The minimum Gasteiger partial charge on any atom is -0.391 e. The molecule has 1 aromatic carbocycles. The van der Waals surface area contributed by atoms with Crippen LogP contribution in [-0.2, 0) is 11.2 Å². The average Bonchev–Trinajstić information content (AvgIpc) is 2.65. The lowest BCUT2D eigenvalue weighted by Crippen LogP contribution is -2.44. The van der Waals surface area contributed by atoms with Gasteiger partial charge in [0.2, 0.25) is 5.91 Å². The van der Waals surface area contributed by atoms with Crippen LogP contribution in [-0.4, -0.2) is 43.3 Å². The molecule has 0 aromatic heterocycles. The SMILES string of the molecule is CNC1=C(C(=N)N2CCCc3cc(C)c(C(F)F)cc32)CN(C(C)=O)CC1. The second-order valence-corrected chi connectivity index (χ2v) is 7.14. The zero-order valence-corrected chi connectivity index (χ0v) is 16.0. The Hall–Kier alpha value is -2.44. The summed E-state index contributed by atoms with van der Waals surface area (Å²) in [5.41, 5.74) is 3.99. The first-order chi connectivity index (χ1) is 12.8. The number of nitrogens with zero attached hydrogens (tertiary/aromatic N) is 2. The molecule has 0 aliphatic carbocycles. The van der Waals surface area contributed by atoms with E-state index in [4.69, 9.17) is 5.41 Å². The highest BCUT2D eigenvalue weighted by molar-refractivity contribution is 6.09. The van der Waals surface area contributed by atoms with Crippen molar-refractivity contribution in [2.75, 3.05) is 31.6 Å². The summed E-state index contributed by atoms with van der Waals surface area (Å²) in [7, 11) is 1.81. The molecule has 0 radical (unpaired) electrons. The molecule has 0 atom stereocenters. The Morgan fingerprint density at radius 2 is 2.00 bits per heavy atom. The molecule has 2 N–H and O–H groups in total. The Morgan fingerprint density at radius 3 is 2.63 bits per heavy atom. The van der Waals surface area contributed by atoms with Gasteiger partial charge < -0.3 is 15.1 Å². The Labute approximate surface area is 158 Å². The van der Waals surface area contributed by atoms with Crippen molar-refractivity contribution in [1.29, 1.82) is 5.41 Å². The number of hydrogen-bond donors (Lipinski definition) is 2. The molecule has 27 heavy (non-hydrogen) atoms. The Balaban J connectivity index is 2.00. The van der Waals surface area contributed by atoms with Gasteiger partial charge in [-0.2, -0.15) is 0 Å². The summed E-state index contributed by atoms with van der Waals surface area (Å²) in [6.07, 6.45) is -0.198. The zero-order valence-electron chi connectivity index (χ0n) is 16.0. The quantitative estimate of drug-likeness (QED) is 0.628. The third-order valence-corrected chi connectivity index (χ3v) is 5.47. The molecule has 0 saturated carbocycles. The van der Waals surface area contributed by atoms with Gasteiger partial charge >= 0.3 is 0 Å². The van der Waals surface area contributed by atoms with Crippen LogP contribution < -0.4 is 10.2 Å². The number of fused-ring (bicyclic) bond motifs is 1. The molecule has 0 unspecified atom stereocenters. The molecule has 2 aliphatic rings. The third-order valence-electron chi connectivity index (χ3n) is 5.47. The predicted molar refractivity (Wildman–Crippen MR) is 102 cm³/mol. The molecule has 146 valence electrons. The van der Waals surface area contributed by atoms with Crippen LogP contribution in [0.2, 0.25) is 0 Å². The highest BCUT2D eigenvalue weighted by Crippen LogP contribution is 2.35. The summed E-state index contributed by atoms with van der Waals surface area (Å²) >= 11 is 0. The lowest BCUT2D eigenvalue weighted by atomic mass is 9.94. The number of benzene rings is 1. The largest absolute Gasteiger partial charge is 0.391 e. The van der Waals surface area contributed by atoms with Crippen molar-refractivity contribution in [2.45, 2.75) is 39.5 Å². The molecule has 0 saturated heterocycles. The summed E-state index contributed by atoms with van der Waals surface area (Å²) in [6.45, 7) is 4.83. The van der Waals surface area contributed by atoms with Crippen LogP contribution in [0.1, 0.15) is 42.9 Å². The number of rotatable bonds is 3. The van der Waals surface area contributed by atoms with Crippen LogP contribution in [0.25, 0.3) is 0 Å². The zero-order chi connectivity index (χ0) is 19.7. The predicted octanol–water partition coefficient (Wildman–Crippen LogP) is 3.39. The van der Waals surface area contributed by atoms with Gasteiger partial charge in [0.25, 0.3) is 6.43 Å². The van der Waals surface area contributed by atoms with E-state index in [1.165, 1.54) is 13.0 Å². The van der Waals surface area contributed by atoms with Gasteiger partial charge in [0, 0.05) is 56.0 Å². The van der Waals surface area contributed by atoms with E-state index >= 15 is 0 Å². The molecule has 1 amide bonds. The molecule has 2 heterocycles. The van der Waals surface area contributed by atoms with Crippen LogP contribution in [0.5, 0.6) is 0 Å². The summed E-state index contributed by atoms with van der Waals surface area (Å²) in [5, 5.41) is 12.0. The summed E-state index contributed by atoms with van der Waals surface area (Å²) < 4.78 is 26.8. The molecule has 0 spiro atoms. The maximum absolute atomic E-state index is 13.4. The maximum Gasteiger partial charge on any atom is 0.264 e. The standard InChI is InChI=1S/C20H26F2N4O/c1-12-9-14-5-4-7-26(18(14)10-15(12)19(21)22)20(23)16-11-25(13(2)27)8-6-17(16)24-3/h9-10,19,23-24H,4-8,11H2,1-3H3. The van der Waals surface area contributed by atoms with Gasteiger partial charge in [-0.25, -0.2) is 8.78 Å². The normalized spacial score (nSPS) is 17.3. The van der Waals surface area contributed by atoms with Crippen molar-refractivity contribution >= 4 is 17.4 Å². The van der Waals surface area contributed by atoms with Crippen LogP contribution in [0.15, 0.2) is 23.4 Å². The second-order valence-electron chi connectivity index (χ2n) is 7.14. The highest BCUT2D eigenvalue weighted by atomic mass is 19.3. The molecule has 0 bridgehead atoms. The molecular formula is C20H26F2N4O. The van der Waals surface area contributed by atoms with E-state index in [0.29, 0.717) is 37.3 Å². The van der Waals surface area contributed by atoms with E-state index < -0.39 is 6.43 Å². The van der Waals surface area contributed by atoms with Crippen molar-refractivity contribution in [3.05, 3.63) is 40.1 Å². The third kappa shape index (κ3) is 3.68. The van der Waals surface area contributed by atoms with Crippen molar-refractivity contribution in [3.8, 4) is 0 Å². The number of anilines is 1. The molecular weight excluding hydrogens is 350 g/mol. The molecule has 0 fully saturated rings. The monoisotopic (exact) mass is 376 g/mol. The smallest absolute Gasteiger partial charge is 0.264 e. The van der Waals surface area contributed by atoms with Gasteiger partial charge in [0.05, 0.1) is 6.54 Å². The molecule has 3 rings (SSSR count). The van der Waals surface area contributed by atoms with Crippen molar-refractivity contribution in [1.82, 2.24) is 10.2 Å². The maximum atomic E-state index is 13.4. The van der Waals surface area contributed by atoms with Gasteiger partial charge in [-0.3, -0.25) is 10.2 Å². The fourth-order valence-corrected chi connectivity index (χ4v) is 3.93. The van der Waals surface area contributed by atoms with Gasteiger partial charge in [0.15, 0.2) is 0 Å². The van der Waals surface area contributed by atoms with E-state index in [-0.39, 0.29) is 17.3 Å². The Bertz CT molecular complexity index is 803. The summed E-state index contributed by atoms with van der Waals surface area (Å²) in [5.74, 6) is 0.264. The first-order valence-corrected chi connectivity index (χ1v) is 9.26. The summed E-state index contributed by atoms with van der Waals surface area (Å²) in [6, 6.07) is 3.36. The molecule has 7 heteroatoms. The topological polar surface area (TPSA) is 59.4 Å². The minimum absolute atomic E-state index is 0.0188. The van der Waals surface area contributed by atoms with E-state index in [2.05, 4.69) is 5.32 Å². The number of hydrogen-bond acceptors (Lipinski definition) is 3.